The molecule has 1 aromatic carbocycles. The fourth-order valence-corrected chi connectivity index (χ4v) is 2.75. The summed E-state index contributed by atoms with van der Waals surface area (Å²) < 4.78 is 5.08. The van der Waals surface area contributed by atoms with E-state index in [1.54, 1.807) is 0 Å². The monoisotopic (exact) mass is 287 g/mol. The highest BCUT2D eigenvalue weighted by atomic mass is 16.5. The molecule has 0 bridgehead atoms. The summed E-state index contributed by atoms with van der Waals surface area (Å²) in [6.45, 7) is 8.73. The van der Waals surface area contributed by atoms with E-state index in [9.17, 15) is 4.79 Å². The molecule has 21 heavy (non-hydrogen) atoms. The lowest BCUT2D eigenvalue weighted by Gasteiger charge is -2.24. The van der Waals surface area contributed by atoms with Crippen LogP contribution in [0.2, 0.25) is 0 Å². The van der Waals surface area contributed by atoms with Gasteiger partial charge in [0.1, 0.15) is 0 Å². The Kier molecular flexibility index (Phi) is 5.05. The van der Waals surface area contributed by atoms with E-state index in [0.29, 0.717) is 24.9 Å². The molecule has 1 N–H and O–H groups in total. The van der Waals surface area contributed by atoms with Crippen molar-refractivity contribution < 1.29 is 9.53 Å². The van der Waals surface area contributed by atoms with Crippen LogP contribution < -0.4 is 5.32 Å². The van der Waals surface area contributed by atoms with Crippen LogP contribution in [0, 0.1) is 5.92 Å². The number of ether oxygens (including phenoxy) is 1. The fraction of sp³-hybridized carbons (Fsp3) is 0.500. The minimum absolute atomic E-state index is 0.0913. The molecule has 3 heteroatoms. The van der Waals surface area contributed by atoms with E-state index in [1.807, 2.05) is 6.92 Å². The first-order chi connectivity index (χ1) is 10.0. The van der Waals surface area contributed by atoms with Gasteiger partial charge < -0.3 is 10.1 Å². The average Bonchev–Trinajstić information content (AvgIpc) is 2.75. The molecular weight excluding hydrogens is 262 g/mol. The van der Waals surface area contributed by atoms with Crippen LogP contribution in [0.25, 0.3) is 5.70 Å². The highest BCUT2D eigenvalue weighted by molar-refractivity contribution is 5.75. The van der Waals surface area contributed by atoms with Crippen LogP contribution in [-0.4, -0.2) is 18.6 Å². The third kappa shape index (κ3) is 3.66. The number of rotatable bonds is 6. The van der Waals surface area contributed by atoms with Crippen molar-refractivity contribution in [2.24, 2.45) is 5.92 Å². The molecule has 3 nitrogen and oxygen atoms in total. The van der Waals surface area contributed by atoms with Gasteiger partial charge in [0.2, 0.25) is 0 Å². The first-order valence-corrected chi connectivity index (χ1v) is 7.76. The zero-order valence-electron chi connectivity index (χ0n) is 13.3. The average molecular weight is 287 g/mol. The van der Waals surface area contributed by atoms with E-state index in [2.05, 4.69) is 56.4 Å². The molecule has 2 rings (SSSR count). The van der Waals surface area contributed by atoms with Crippen molar-refractivity contribution in [3.8, 4) is 0 Å². The molecule has 0 fully saturated rings. The van der Waals surface area contributed by atoms with Crippen molar-refractivity contribution in [3.63, 3.8) is 0 Å². The second-order valence-electron chi connectivity index (χ2n) is 5.96. The van der Waals surface area contributed by atoms with Crippen molar-refractivity contribution in [2.45, 2.75) is 46.1 Å². The number of benzene rings is 1. The number of carbonyl (C=O) groups excluding carboxylic acids is 1. The molecular formula is C18H25NO2. The van der Waals surface area contributed by atoms with Crippen molar-refractivity contribution in [2.75, 3.05) is 6.61 Å². The molecule has 0 aliphatic heterocycles. The Labute approximate surface area is 127 Å². The lowest BCUT2D eigenvalue weighted by atomic mass is 9.99. The molecule has 0 saturated carbocycles. The summed E-state index contributed by atoms with van der Waals surface area (Å²) in [7, 11) is 0. The van der Waals surface area contributed by atoms with Crippen LogP contribution in [-0.2, 0) is 9.53 Å². The van der Waals surface area contributed by atoms with Crippen LogP contribution in [0.3, 0.4) is 0 Å². The minimum atomic E-state index is -0.136. The van der Waals surface area contributed by atoms with E-state index >= 15 is 0 Å². The third-order valence-corrected chi connectivity index (χ3v) is 4.00. The number of hydrogen-bond donors (Lipinski definition) is 1. The Balaban J connectivity index is 2.11. The number of hydrogen-bond acceptors (Lipinski definition) is 3. The number of carbonyl (C=O) groups is 1. The molecule has 1 unspecified atom stereocenters. The van der Waals surface area contributed by atoms with Crippen LogP contribution in [0.15, 0.2) is 30.3 Å². The molecule has 0 aromatic heterocycles. The van der Waals surface area contributed by atoms with E-state index in [1.165, 1.54) is 11.1 Å². The van der Waals surface area contributed by atoms with Crippen LogP contribution in [0.4, 0.5) is 0 Å². The summed E-state index contributed by atoms with van der Waals surface area (Å²) in [6, 6.07) is 8.53. The number of esters is 1. The van der Waals surface area contributed by atoms with E-state index < -0.39 is 0 Å². The lowest BCUT2D eigenvalue weighted by molar-refractivity contribution is -0.143. The van der Waals surface area contributed by atoms with Gasteiger partial charge in [-0.05, 0) is 18.4 Å². The van der Waals surface area contributed by atoms with Gasteiger partial charge in [-0.15, -0.1) is 0 Å². The molecule has 1 aliphatic rings. The number of nitrogens with one attached hydrogen (secondary N) is 1. The molecule has 1 aromatic rings. The lowest BCUT2D eigenvalue weighted by Crippen LogP contribution is -2.35. The summed E-state index contributed by atoms with van der Waals surface area (Å²) in [5.74, 6) is 0.640. The maximum absolute atomic E-state index is 11.8. The molecule has 0 saturated heterocycles. The Morgan fingerprint density at radius 3 is 2.71 bits per heavy atom. The molecule has 0 spiro atoms. The van der Waals surface area contributed by atoms with Crippen molar-refractivity contribution in [1.82, 2.24) is 5.32 Å². The Hall–Kier alpha value is -1.77. The Bertz CT molecular complexity index is 534. The zero-order valence-corrected chi connectivity index (χ0v) is 13.3. The summed E-state index contributed by atoms with van der Waals surface area (Å²) >= 11 is 0. The summed E-state index contributed by atoms with van der Waals surface area (Å²) in [5.41, 5.74) is 3.74. The van der Waals surface area contributed by atoms with E-state index in [0.717, 1.165) is 5.70 Å². The molecule has 0 amide bonds. The van der Waals surface area contributed by atoms with Crippen LogP contribution in [0.1, 0.15) is 51.2 Å². The van der Waals surface area contributed by atoms with Crippen molar-refractivity contribution in [1.29, 1.82) is 0 Å². The minimum Gasteiger partial charge on any atom is -0.466 e. The van der Waals surface area contributed by atoms with Gasteiger partial charge in [0.05, 0.1) is 13.0 Å². The largest absolute Gasteiger partial charge is 0.466 e. The quantitative estimate of drug-likeness (QED) is 0.811. The molecule has 1 aliphatic carbocycles. The van der Waals surface area contributed by atoms with Gasteiger partial charge in [-0.1, -0.05) is 51.1 Å². The van der Waals surface area contributed by atoms with Crippen LogP contribution in [0.5, 0.6) is 0 Å². The maximum atomic E-state index is 11.8. The summed E-state index contributed by atoms with van der Waals surface area (Å²) in [6.07, 6.45) is 2.64. The summed E-state index contributed by atoms with van der Waals surface area (Å²) in [5, 5.41) is 3.55. The predicted molar refractivity (Wildman–Crippen MR) is 85.8 cm³/mol. The van der Waals surface area contributed by atoms with Gasteiger partial charge in [0.15, 0.2) is 0 Å². The number of allylic oxidation sites excluding steroid dienone is 1. The molecule has 0 heterocycles. The predicted octanol–water partition coefficient (Wildman–Crippen LogP) is 3.71. The smallest absolute Gasteiger partial charge is 0.307 e. The van der Waals surface area contributed by atoms with Gasteiger partial charge in [-0.25, -0.2) is 0 Å². The Morgan fingerprint density at radius 2 is 2.05 bits per heavy atom. The van der Waals surface area contributed by atoms with E-state index in [-0.39, 0.29) is 12.0 Å². The van der Waals surface area contributed by atoms with E-state index in [4.69, 9.17) is 4.74 Å². The standard InChI is InChI=1S/C18H25NO2/c1-5-21-18(20)11-16(12(2)3)19-17-10-13(4)14-8-6-7-9-15(14)17/h6-10,12-13,16,19H,5,11H2,1-4H3/t13-,16?/m0/s1. The second kappa shape index (κ2) is 6.79. The fourth-order valence-electron chi connectivity index (χ4n) is 2.75. The first-order valence-electron chi connectivity index (χ1n) is 7.76. The normalized spacial score (nSPS) is 18.1. The second-order valence-corrected chi connectivity index (χ2v) is 5.96. The highest BCUT2D eigenvalue weighted by Crippen LogP contribution is 2.34. The third-order valence-electron chi connectivity index (χ3n) is 4.00. The van der Waals surface area contributed by atoms with Gasteiger partial charge in [-0.2, -0.15) is 0 Å². The highest BCUT2D eigenvalue weighted by Gasteiger charge is 2.24. The van der Waals surface area contributed by atoms with Gasteiger partial charge in [0.25, 0.3) is 0 Å². The SMILES string of the molecule is CCOC(=O)CC(NC1=C[C@H](C)c2ccccc21)C(C)C. The summed E-state index contributed by atoms with van der Waals surface area (Å²) in [4.78, 5) is 11.8. The van der Waals surface area contributed by atoms with Gasteiger partial charge >= 0.3 is 5.97 Å². The number of fused-ring (bicyclic) bond motifs is 1. The Morgan fingerprint density at radius 1 is 1.33 bits per heavy atom. The molecule has 0 radical (unpaired) electrons. The maximum Gasteiger partial charge on any atom is 0.307 e. The topological polar surface area (TPSA) is 38.3 Å². The molecule has 114 valence electrons. The van der Waals surface area contributed by atoms with Gasteiger partial charge in [-0.3, -0.25) is 4.79 Å². The van der Waals surface area contributed by atoms with Crippen molar-refractivity contribution >= 4 is 11.7 Å². The first kappa shape index (κ1) is 15.6. The van der Waals surface area contributed by atoms with Crippen molar-refractivity contribution in [3.05, 3.63) is 41.5 Å². The molecule has 2 atom stereocenters. The van der Waals surface area contributed by atoms with Crippen LogP contribution >= 0.6 is 0 Å². The van der Waals surface area contributed by atoms with Gasteiger partial charge in [0, 0.05) is 23.2 Å². The zero-order chi connectivity index (χ0) is 15.4.